The number of nitrogens with two attached hydrogens (primary N) is 1. The standard InChI is InChI=1S/C6H9N3O2/c1-2-9-3-8-4(5(9)7)6(10)11/h3H,2,7H2,1H3,(H,10,11). The van der Waals surface area contributed by atoms with Gasteiger partial charge in [0.05, 0.1) is 6.33 Å². The van der Waals surface area contributed by atoms with Crippen LogP contribution in [0.3, 0.4) is 0 Å². The molecule has 0 aromatic carbocycles. The third kappa shape index (κ3) is 1.17. The zero-order chi connectivity index (χ0) is 8.43. The van der Waals surface area contributed by atoms with Crippen molar-refractivity contribution in [2.75, 3.05) is 5.73 Å². The van der Waals surface area contributed by atoms with E-state index in [4.69, 9.17) is 10.8 Å². The summed E-state index contributed by atoms with van der Waals surface area (Å²) >= 11 is 0. The van der Waals surface area contributed by atoms with Crippen molar-refractivity contribution in [1.29, 1.82) is 0 Å². The third-order valence-corrected chi connectivity index (χ3v) is 1.42. The molecule has 0 atom stereocenters. The van der Waals surface area contributed by atoms with Crippen molar-refractivity contribution in [3.8, 4) is 0 Å². The smallest absolute Gasteiger partial charge is 0.358 e. The lowest BCUT2D eigenvalue weighted by Crippen LogP contribution is -2.05. The molecule has 0 amide bonds. The quantitative estimate of drug-likeness (QED) is 0.638. The van der Waals surface area contributed by atoms with Gasteiger partial charge in [0.2, 0.25) is 0 Å². The van der Waals surface area contributed by atoms with Crippen LogP contribution in [0.5, 0.6) is 0 Å². The summed E-state index contributed by atoms with van der Waals surface area (Å²) in [5.41, 5.74) is 5.36. The van der Waals surface area contributed by atoms with Gasteiger partial charge in [0, 0.05) is 6.54 Å². The first-order valence-corrected chi connectivity index (χ1v) is 3.20. The molecule has 1 aromatic heterocycles. The Labute approximate surface area is 63.5 Å². The van der Waals surface area contributed by atoms with E-state index in [0.29, 0.717) is 6.54 Å². The van der Waals surface area contributed by atoms with Crippen molar-refractivity contribution in [3.05, 3.63) is 12.0 Å². The summed E-state index contributed by atoms with van der Waals surface area (Å²) in [6.45, 7) is 2.50. The molecular formula is C6H9N3O2. The van der Waals surface area contributed by atoms with Crippen molar-refractivity contribution in [1.82, 2.24) is 9.55 Å². The van der Waals surface area contributed by atoms with Gasteiger partial charge in [-0.2, -0.15) is 0 Å². The van der Waals surface area contributed by atoms with E-state index in [0.717, 1.165) is 0 Å². The van der Waals surface area contributed by atoms with Crippen LogP contribution in [0.15, 0.2) is 6.33 Å². The molecule has 1 rings (SSSR count). The Morgan fingerprint density at radius 3 is 2.82 bits per heavy atom. The minimum atomic E-state index is -1.09. The number of hydrogen-bond donors (Lipinski definition) is 2. The molecule has 0 radical (unpaired) electrons. The largest absolute Gasteiger partial charge is 0.476 e. The van der Waals surface area contributed by atoms with Gasteiger partial charge >= 0.3 is 5.97 Å². The molecule has 11 heavy (non-hydrogen) atoms. The zero-order valence-electron chi connectivity index (χ0n) is 6.11. The van der Waals surface area contributed by atoms with E-state index in [1.165, 1.54) is 6.33 Å². The Morgan fingerprint density at radius 1 is 1.91 bits per heavy atom. The second kappa shape index (κ2) is 2.61. The summed E-state index contributed by atoms with van der Waals surface area (Å²) in [5, 5.41) is 8.52. The van der Waals surface area contributed by atoms with Crippen molar-refractivity contribution < 1.29 is 9.90 Å². The highest BCUT2D eigenvalue weighted by Crippen LogP contribution is 2.08. The van der Waals surface area contributed by atoms with E-state index in [-0.39, 0.29) is 11.5 Å². The van der Waals surface area contributed by atoms with Crippen LogP contribution in [0.4, 0.5) is 5.82 Å². The highest BCUT2D eigenvalue weighted by Gasteiger charge is 2.12. The predicted molar refractivity (Wildman–Crippen MR) is 39.3 cm³/mol. The number of imidazole rings is 1. The Hall–Kier alpha value is -1.52. The maximum absolute atomic E-state index is 10.4. The minimum absolute atomic E-state index is 0.0770. The van der Waals surface area contributed by atoms with Gasteiger partial charge in [-0.25, -0.2) is 9.78 Å². The highest BCUT2D eigenvalue weighted by atomic mass is 16.4. The van der Waals surface area contributed by atoms with Crippen LogP contribution in [-0.4, -0.2) is 20.6 Å². The number of carboxylic acids is 1. The molecule has 0 aliphatic heterocycles. The van der Waals surface area contributed by atoms with Gasteiger partial charge in [-0.15, -0.1) is 0 Å². The summed E-state index contributed by atoms with van der Waals surface area (Å²) in [4.78, 5) is 14.0. The molecule has 1 heterocycles. The van der Waals surface area contributed by atoms with Gasteiger partial charge in [-0.3, -0.25) is 0 Å². The number of nitrogen functional groups attached to an aromatic ring is 1. The molecule has 5 nitrogen and oxygen atoms in total. The fraction of sp³-hybridized carbons (Fsp3) is 0.333. The topological polar surface area (TPSA) is 81.1 Å². The second-order valence-corrected chi connectivity index (χ2v) is 2.07. The highest BCUT2D eigenvalue weighted by molar-refractivity contribution is 5.90. The van der Waals surface area contributed by atoms with Crippen molar-refractivity contribution in [2.45, 2.75) is 13.5 Å². The molecule has 0 fully saturated rings. The Morgan fingerprint density at radius 2 is 2.55 bits per heavy atom. The second-order valence-electron chi connectivity index (χ2n) is 2.07. The van der Waals surface area contributed by atoms with Gasteiger partial charge < -0.3 is 15.4 Å². The van der Waals surface area contributed by atoms with E-state index >= 15 is 0 Å². The number of aryl methyl sites for hydroxylation is 1. The number of hydrogen-bond acceptors (Lipinski definition) is 3. The van der Waals surface area contributed by atoms with Crippen LogP contribution in [-0.2, 0) is 6.54 Å². The van der Waals surface area contributed by atoms with Gasteiger partial charge in [0.1, 0.15) is 5.82 Å². The van der Waals surface area contributed by atoms with Crippen molar-refractivity contribution >= 4 is 11.8 Å². The predicted octanol–water partition coefficient (Wildman–Crippen LogP) is 0.183. The molecule has 0 saturated carbocycles. The van der Waals surface area contributed by atoms with Crippen LogP contribution in [0.1, 0.15) is 17.4 Å². The van der Waals surface area contributed by atoms with Crippen LogP contribution >= 0.6 is 0 Å². The van der Waals surface area contributed by atoms with Gasteiger partial charge in [0.15, 0.2) is 5.69 Å². The molecule has 0 aliphatic rings. The molecule has 0 aliphatic carbocycles. The zero-order valence-corrected chi connectivity index (χ0v) is 6.11. The molecular weight excluding hydrogens is 146 g/mol. The molecule has 0 unspecified atom stereocenters. The van der Waals surface area contributed by atoms with Crippen LogP contribution in [0, 0.1) is 0 Å². The van der Waals surface area contributed by atoms with Crippen LogP contribution in [0.2, 0.25) is 0 Å². The van der Waals surface area contributed by atoms with E-state index in [2.05, 4.69) is 4.98 Å². The van der Waals surface area contributed by atoms with Gasteiger partial charge in [-0.1, -0.05) is 0 Å². The Kier molecular flexibility index (Phi) is 1.80. The SMILES string of the molecule is CCn1cnc(C(=O)O)c1N. The molecule has 0 saturated heterocycles. The summed E-state index contributed by atoms with van der Waals surface area (Å²) in [6.07, 6.45) is 1.42. The lowest BCUT2D eigenvalue weighted by atomic mass is 10.4. The fourth-order valence-electron chi connectivity index (χ4n) is 0.809. The summed E-state index contributed by atoms with van der Waals surface area (Å²) < 4.78 is 1.57. The summed E-state index contributed by atoms with van der Waals surface area (Å²) in [6, 6.07) is 0. The Bertz CT molecular complexity index is 279. The first-order chi connectivity index (χ1) is 5.16. The lowest BCUT2D eigenvalue weighted by Gasteiger charge is -1.97. The van der Waals surface area contributed by atoms with Crippen molar-refractivity contribution in [2.24, 2.45) is 0 Å². The minimum Gasteiger partial charge on any atom is -0.476 e. The fourth-order valence-corrected chi connectivity index (χ4v) is 0.809. The molecule has 60 valence electrons. The van der Waals surface area contributed by atoms with Crippen LogP contribution < -0.4 is 5.73 Å². The van der Waals surface area contributed by atoms with Gasteiger partial charge in [0.25, 0.3) is 0 Å². The lowest BCUT2D eigenvalue weighted by molar-refractivity contribution is 0.0692. The number of anilines is 1. The average Bonchev–Trinajstić information content (AvgIpc) is 2.30. The van der Waals surface area contributed by atoms with Crippen LogP contribution in [0.25, 0.3) is 0 Å². The number of aromatic carboxylic acids is 1. The monoisotopic (exact) mass is 155 g/mol. The van der Waals surface area contributed by atoms with E-state index in [9.17, 15) is 4.79 Å². The molecule has 0 spiro atoms. The Balaban J connectivity index is 3.10. The normalized spacial score (nSPS) is 9.91. The number of aromatic nitrogens is 2. The van der Waals surface area contributed by atoms with E-state index in [1.54, 1.807) is 4.57 Å². The molecule has 0 bridgehead atoms. The molecule has 3 N–H and O–H groups in total. The molecule has 1 aromatic rings. The number of rotatable bonds is 2. The number of nitrogens with zero attached hydrogens (tertiary/aromatic N) is 2. The summed E-state index contributed by atoms with van der Waals surface area (Å²) in [5.74, 6) is -0.880. The number of carboxylic acid groups (broad SMARTS) is 1. The number of carbonyl (C=O) groups is 1. The first kappa shape index (κ1) is 7.59. The van der Waals surface area contributed by atoms with E-state index < -0.39 is 5.97 Å². The van der Waals surface area contributed by atoms with Gasteiger partial charge in [-0.05, 0) is 6.92 Å². The first-order valence-electron chi connectivity index (χ1n) is 3.20. The molecule has 5 heteroatoms. The maximum Gasteiger partial charge on any atom is 0.358 e. The van der Waals surface area contributed by atoms with Crippen molar-refractivity contribution in [3.63, 3.8) is 0 Å². The third-order valence-electron chi connectivity index (χ3n) is 1.42. The maximum atomic E-state index is 10.4. The average molecular weight is 155 g/mol. The van der Waals surface area contributed by atoms with E-state index in [1.807, 2.05) is 6.92 Å². The summed E-state index contributed by atoms with van der Waals surface area (Å²) in [7, 11) is 0.